The molecular formula is C31H30FN11O3. The molecular weight excluding hydrogens is 593 g/mol. The van der Waals surface area contributed by atoms with Crippen molar-refractivity contribution in [1.29, 1.82) is 0 Å². The van der Waals surface area contributed by atoms with Crippen LogP contribution in [0.4, 0.5) is 10.1 Å². The second-order valence-corrected chi connectivity index (χ2v) is 11.5. The Bertz CT molecular complexity index is 2020. The standard InChI is InChI=1S/C31H30FN11O3/c1-17-23(3-5-26-38-39-30(43(17)26)18-6-9-34-10-7-18)37-31(46)25-13-21(32)15-41(25)27(44)16-42-24-4-2-19(20-8-11-35-36-14-20)12-22(24)28(40-42)29(33)45/h2-5,8-9,11-12,14,18,21,25H,6-7,10,13,15-16H2,1H3,(H2,33,45)(H,37,46). The Kier molecular flexibility index (Phi) is 7.42. The molecule has 234 valence electrons. The number of halogens is 1. The van der Waals surface area contributed by atoms with Gasteiger partial charge in [0, 0.05) is 35.5 Å². The maximum absolute atomic E-state index is 14.8. The Balaban J connectivity index is 1.13. The number of alkyl halides is 1. The molecule has 3 atom stereocenters. The summed E-state index contributed by atoms with van der Waals surface area (Å²) >= 11 is 0. The first kappa shape index (κ1) is 29.1. The number of aliphatic imine (C=N–C) groups is 1. The van der Waals surface area contributed by atoms with Crippen LogP contribution in [0.15, 0.2) is 53.8 Å². The van der Waals surface area contributed by atoms with Crippen LogP contribution >= 0.6 is 0 Å². The van der Waals surface area contributed by atoms with Gasteiger partial charge in [-0.3, -0.25) is 28.5 Å². The molecule has 0 saturated carbocycles. The van der Waals surface area contributed by atoms with E-state index in [4.69, 9.17) is 5.73 Å². The van der Waals surface area contributed by atoms with Crippen LogP contribution in [-0.4, -0.2) is 88.7 Å². The fourth-order valence-corrected chi connectivity index (χ4v) is 6.30. The monoisotopic (exact) mass is 623 g/mol. The minimum Gasteiger partial charge on any atom is -0.364 e. The van der Waals surface area contributed by atoms with Gasteiger partial charge in [-0.05, 0) is 61.9 Å². The third-order valence-electron chi connectivity index (χ3n) is 8.65. The van der Waals surface area contributed by atoms with Gasteiger partial charge in [-0.15, -0.1) is 10.2 Å². The molecule has 3 unspecified atom stereocenters. The molecule has 15 heteroatoms. The summed E-state index contributed by atoms with van der Waals surface area (Å²) in [5.74, 6) is -0.837. The van der Waals surface area contributed by atoms with E-state index < -0.39 is 29.9 Å². The third kappa shape index (κ3) is 5.22. The molecule has 14 nitrogen and oxygen atoms in total. The normalized spacial score (nSPS) is 19.6. The van der Waals surface area contributed by atoms with Gasteiger partial charge in [-0.1, -0.05) is 6.07 Å². The van der Waals surface area contributed by atoms with E-state index >= 15 is 0 Å². The molecule has 3 amide bonds. The summed E-state index contributed by atoms with van der Waals surface area (Å²) in [6.07, 6.45) is 5.11. The van der Waals surface area contributed by atoms with Gasteiger partial charge in [0.05, 0.1) is 30.1 Å². The number of aromatic nitrogens is 7. The lowest BCUT2D eigenvalue weighted by Gasteiger charge is -2.24. The van der Waals surface area contributed by atoms with Crippen molar-refractivity contribution in [1.82, 2.24) is 39.5 Å². The molecule has 0 bridgehead atoms. The molecule has 2 aliphatic heterocycles. The summed E-state index contributed by atoms with van der Waals surface area (Å²) in [6, 6.07) is 9.49. The Hall–Kier alpha value is -5.60. The SMILES string of the molecule is Cc1c(NC(=O)C2CC(F)CN2C(=O)Cn2nc(C(N)=O)c3cc(-c4ccnnc4)ccc32)ccc2nnc(C3CC=NCC3)n12. The number of nitrogens with zero attached hydrogens (tertiary/aromatic N) is 9. The zero-order valence-corrected chi connectivity index (χ0v) is 24.9. The van der Waals surface area contributed by atoms with Gasteiger partial charge in [0.2, 0.25) is 11.8 Å². The topological polar surface area (TPSA) is 179 Å². The number of hydrogen-bond acceptors (Lipinski definition) is 9. The highest BCUT2D eigenvalue weighted by Crippen LogP contribution is 2.30. The van der Waals surface area contributed by atoms with E-state index in [0.29, 0.717) is 28.8 Å². The van der Waals surface area contributed by atoms with Crippen molar-refractivity contribution < 1.29 is 18.8 Å². The first-order chi connectivity index (χ1) is 22.3. The van der Waals surface area contributed by atoms with Crippen LogP contribution in [0.25, 0.3) is 27.7 Å². The number of hydrogen-bond donors (Lipinski definition) is 2. The number of carbonyl (C=O) groups is 3. The summed E-state index contributed by atoms with van der Waals surface area (Å²) < 4.78 is 18.1. The highest BCUT2D eigenvalue weighted by molar-refractivity contribution is 6.05. The van der Waals surface area contributed by atoms with E-state index in [1.165, 1.54) is 9.58 Å². The Morgan fingerprint density at radius 3 is 2.72 bits per heavy atom. The van der Waals surface area contributed by atoms with Crippen molar-refractivity contribution in [3.63, 3.8) is 0 Å². The highest BCUT2D eigenvalue weighted by atomic mass is 19.1. The zero-order chi connectivity index (χ0) is 31.9. The van der Waals surface area contributed by atoms with E-state index in [2.05, 4.69) is 35.8 Å². The van der Waals surface area contributed by atoms with Crippen molar-refractivity contribution in [3.05, 3.63) is 66.0 Å². The van der Waals surface area contributed by atoms with Crippen LogP contribution in [0.2, 0.25) is 0 Å². The molecule has 0 radical (unpaired) electrons. The fraction of sp³-hybridized carbons (Fsp3) is 0.323. The largest absolute Gasteiger partial charge is 0.364 e. The molecule has 1 saturated heterocycles. The van der Waals surface area contributed by atoms with Crippen LogP contribution in [0.5, 0.6) is 0 Å². The minimum absolute atomic E-state index is 0.00881. The van der Waals surface area contributed by atoms with Crippen LogP contribution < -0.4 is 11.1 Å². The Morgan fingerprint density at radius 1 is 1.09 bits per heavy atom. The molecule has 0 spiro atoms. The van der Waals surface area contributed by atoms with Gasteiger partial charge in [0.15, 0.2) is 11.3 Å². The zero-order valence-electron chi connectivity index (χ0n) is 24.9. The van der Waals surface area contributed by atoms with Gasteiger partial charge in [-0.25, -0.2) is 4.39 Å². The first-order valence-electron chi connectivity index (χ1n) is 14.9. The number of rotatable bonds is 7. The smallest absolute Gasteiger partial charge is 0.269 e. The maximum atomic E-state index is 14.8. The fourth-order valence-electron chi connectivity index (χ4n) is 6.30. The molecule has 7 rings (SSSR count). The number of aryl methyl sites for hydroxylation is 1. The van der Waals surface area contributed by atoms with Gasteiger partial charge >= 0.3 is 0 Å². The Labute approximate surface area is 261 Å². The quantitative estimate of drug-likeness (QED) is 0.278. The molecule has 46 heavy (non-hydrogen) atoms. The van der Waals surface area contributed by atoms with Crippen LogP contribution in [-0.2, 0) is 16.1 Å². The third-order valence-corrected chi connectivity index (χ3v) is 8.65. The number of fused-ring (bicyclic) bond motifs is 2. The van der Waals surface area contributed by atoms with Crippen molar-refractivity contribution in [3.8, 4) is 11.1 Å². The van der Waals surface area contributed by atoms with Crippen molar-refractivity contribution in [2.75, 3.05) is 18.4 Å². The van der Waals surface area contributed by atoms with Crippen molar-refractivity contribution >= 4 is 46.2 Å². The number of amides is 3. The number of anilines is 1. The number of benzene rings is 1. The summed E-state index contributed by atoms with van der Waals surface area (Å²) in [7, 11) is 0. The lowest BCUT2D eigenvalue weighted by atomic mass is 9.99. The second-order valence-electron chi connectivity index (χ2n) is 11.5. The predicted molar refractivity (Wildman–Crippen MR) is 166 cm³/mol. The van der Waals surface area contributed by atoms with Gasteiger partial charge in [0.1, 0.15) is 24.6 Å². The number of nitrogens with one attached hydrogen (secondary N) is 1. The van der Waals surface area contributed by atoms with Gasteiger partial charge in [0.25, 0.3) is 5.91 Å². The van der Waals surface area contributed by atoms with E-state index in [-0.39, 0.29) is 31.1 Å². The predicted octanol–water partition coefficient (Wildman–Crippen LogP) is 2.47. The lowest BCUT2D eigenvalue weighted by Crippen LogP contribution is -2.44. The summed E-state index contributed by atoms with van der Waals surface area (Å²) in [5.41, 5.74) is 9.53. The summed E-state index contributed by atoms with van der Waals surface area (Å²) in [6.45, 7) is 2.01. The highest BCUT2D eigenvalue weighted by Gasteiger charge is 2.40. The van der Waals surface area contributed by atoms with Gasteiger partial charge < -0.3 is 16.0 Å². The maximum Gasteiger partial charge on any atom is 0.269 e. The van der Waals surface area contributed by atoms with E-state index in [9.17, 15) is 18.8 Å². The molecule has 2 aliphatic rings. The van der Waals surface area contributed by atoms with Crippen LogP contribution in [0.1, 0.15) is 47.2 Å². The number of primary amides is 1. The van der Waals surface area contributed by atoms with E-state index in [1.54, 1.807) is 48.8 Å². The summed E-state index contributed by atoms with van der Waals surface area (Å²) in [4.78, 5) is 45.0. The molecule has 1 aromatic carbocycles. The summed E-state index contributed by atoms with van der Waals surface area (Å²) in [5, 5.41) is 24.1. The number of likely N-dealkylation sites (tertiary alicyclic amines) is 1. The number of nitrogens with two attached hydrogens (primary N) is 1. The van der Waals surface area contributed by atoms with Crippen molar-refractivity contribution in [2.45, 2.75) is 50.9 Å². The molecule has 3 N–H and O–H groups in total. The second kappa shape index (κ2) is 11.7. The average Bonchev–Trinajstić information content (AvgIpc) is 3.78. The molecule has 0 aliphatic carbocycles. The Morgan fingerprint density at radius 2 is 1.96 bits per heavy atom. The molecule has 4 aromatic heterocycles. The van der Waals surface area contributed by atoms with Gasteiger partial charge in [-0.2, -0.15) is 15.3 Å². The van der Waals surface area contributed by atoms with Crippen LogP contribution in [0.3, 0.4) is 0 Å². The van der Waals surface area contributed by atoms with E-state index in [1.807, 2.05) is 17.5 Å². The number of pyridine rings is 1. The van der Waals surface area contributed by atoms with Crippen molar-refractivity contribution in [2.24, 2.45) is 10.7 Å². The molecule has 6 heterocycles. The number of carbonyl (C=O) groups excluding carboxylic acids is 3. The lowest BCUT2D eigenvalue weighted by molar-refractivity contribution is -0.137. The minimum atomic E-state index is -1.38. The molecule has 5 aromatic rings. The average molecular weight is 624 g/mol. The van der Waals surface area contributed by atoms with E-state index in [0.717, 1.165) is 35.5 Å². The van der Waals surface area contributed by atoms with Crippen LogP contribution in [0, 0.1) is 6.92 Å². The molecule has 1 fully saturated rings. The first-order valence-corrected chi connectivity index (χ1v) is 14.9.